The average molecular weight is 376 g/mol. The van der Waals surface area contributed by atoms with Crippen molar-refractivity contribution in [3.05, 3.63) is 33.8 Å². The maximum absolute atomic E-state index is 11.9. The predicted molar refractivity (Wildman–Crippen MR) is 90.1 cm³/mol. The van der Waals surface area contributed by atoms with Gasteiger partial charge in [-0.3, -0.25) is 4.79 Å². The molecule has 1 amide bonds. The molecule has 132 valence electrons. The molecule has 6 nitrogen and oxygen atoms in total. The Bertz CT molecular complexity index is 618. The first kappa shape index (κ1) is 20.3. The van der Waals surface area contributed by atoms with Crippen LogP contribution in [0.5, 0.6) is 0 Å². The van der Waals surface area contributed by atoms with Gasteiger partial charge in [0.1, 0.15) is 6.04 Å². The molecule has 0 spiro atoms. The number of hydrogen-bond donors (Lipinski definition) is 1. The molecule has 0 fully saturated rings. The molecule has 0 aliphatic rings. The van der Waals surface area contributed by atoms with Gasteiger partial charge < -0.3 is 14.8 Å². The minimum Gasteiger partial charge on any atom is -0.467 e. The summed E-state index contributed by atoms with van der Waals surface area (Å²) in [6.45, 7) is 3.26. The Morgan fingerprint density at radius 1 is 1.21 bits per heavy atom. The number of hydrogen-bond acceptors (Lipinski definition) is 5. The number of amides is 1. The fourth-order valence-corrected chi connectivity index (χ4v) is 2.31. The second kappa shape index (κ2) is 9.49. The van der Waals surface area contributed by atoms with Gasteiger partial charge in [0.15, 0.2) is 6.61 Å². The molecule has 0 bridgehead atoms. The van der Waals surface area contributed by atoms with Crippen molar-refractivity contribution in [2.24, 2.45) is 5.92 Å². The lowest BCUT2D eigenvalue weighted by atomic mass is 10.0. The van der Waals surface area contributed by atoms with Crippen molar-refractivity contribution in [1.82, 2.24) is 5.32 Å². The number of halogens is 2. The maximum Gasteiger partial charge on any atom is 0.340 e. The zero-order chi connectivity index (χ0) is 18.3. The van der Waals surface area contributed by atoms with Crippen molar-refractivity contribution >= 4 is 41.0 Å². The van der Waals surface area contributed by atoms with E-state index in [0.717, 1.165) is 0 Å². The highest BCUT2D eigenvalue weighted by Crippen LogP contribution is 2.25. The molecule has 1 atom stereocenters. The van der Waals surface area contributed by atoms with E-state index in [1.807, 2.05) is 13.8 Å². The highest BCUT2D eigenvalue weighted by molar-refractivity contribution is 6.43. The van der Waals surface area contributed by atoms with Crippen LogP contribution in [0, 0.1) is 5.92 Å². The SMILES string of the molecule is COC(=O)[C@@H](CC(C)C)NC(=O)COC(=O)c1cccc(Cl)c1Cl. The molecule has 0 radical (unpaired) electrons. The Kier molecular flexibility index (Phi) is 8.01. The molecule has 8 heteroatoms. The van der Waals surface area contributed by atoms with Crippen molar-refractivity contribution in [3.8, 4) is 0 Å². The van der Waals surface area contributed by atoms with Crippen LogP contribution in [-0.4, -0.2) is 37.6 Å². The van der Waals surface area contributed by atoms with Gasteiger partial charge >= 0.3 is 11.9 Å². The number of ether oxygens (including phenoxy) is 2. The highest BCUT2D eigenvalue weighted by Gasteiger charge is 2.23. The van der Waals surface area contributed by atoms with Crippen LogP contribution in [0.25, 0.3) is 0 Å². The van der Waals surface area contributed by atoms with Crippen LogP contribution in [0.4, 0.5) is 0 Å². The standard InChI is InChI=1S/C16H19Cl2NO5/c1-9(2)7-12(16(22)23-3)19-13(20)8-24-15(21)10-5-4-6-11(17)14(10)18/h4-6,9,12H,7-8H2,1-3H3,(H,19,20)/t12-/m1/s1. The molecule has 0 saturated carbocycles. The van der Waals surface area contributed by atoms with E-state index in [4.69, 9.17) is 27.9 Å². The lowest BCUT2D eigenvalue weighted by Crippen LogP contribution is -2.44. The summed E-state index contributed by atoms with van der Waals surface area (Å²) in [4.78, 5) is 35.5. The molecule has 0 aliphatic carbocycles. The van der Waals surface area contributed by atoms with Gasteiger partial charge in [-0.2, -0.15) is 0 Å². The largest absolute Gasteiger partial charge is 0.467 e. The summed E-state index contributed by atoms with van der Waals surface area (Å²) in [5, 5.41) is 2.74. The molecule has 0 unspecified atom stereocenters. The molecular weight excluding hydrogens is 357 g/mol. The summed E-state index contributed by atoms with van der Waals surface area (Å²) >= 11 is 11.7. The van der Waals surface area contributed by atoms with Crippen LogP contribution >= 0.6 is 23.2 Å². The van der Waals surface area contributed by atoms with Crippen LogP contribution in [0.15, 0.2) is 18.2 Å². The summed E-state index contributed by atoms with van der Waals surface area (Å²) < 4.78 is 9.54. The topological polar surface area (TPSA) is 81.7 Å². The van der Waals surface area contributed by atoms with Crippen LogP contribution < -0.4 is 5.32 Å². The number of carbonyl (C=O) groups excluding carboxylic acids is 3. The lowest BCUT2D eigenvalue weighted by Gasteiger charge is -2.18. The first-order valence-electron chi connectivity index (χ1n) is 7.24. The Hall–Kier alpha value is -1.79. The molecule has 1 aromatic carbocycles. The number of nitrogens with one attached hydrogen (secondary N) is 1. The van der Waals surface area contributed by atoms with Gasteiger partial charge in [0.2, 0.25) is 0 Å². The number of carbonyl (C=O) groups is 3. The second-order valence-electron chi connectivity index (χ2n) is 5.45. The van der Waals surface area contributed by atoms with E-state index < -0.39 is 30.5 Å². The third kappa shape index (κ3) is 6.02. The highest BCUT2D eigenvalue weighted by atomic mass is 35.5. The van der Waals surface area contributed by atoms with Gasteiger partial charge in [0.25, 0.3) is 5.91 Å². The molecule has 0 heterocycles. The predicted octanol–water partition coefficient (Wildman–Crippen LogP) is 2.85. The summed E-state index contributed by atoms with van der Waals surface area (Å²) in [5.41, 5.74) is 0.0589. The van der Waals surface area contributed by atoms with Gasteiger partial charge in [-0.15, -0.1) is 0 Å². The molecule has 1 N–H and O–H groups in total. The summed E-state index contributed by atoms with van der Waals surface area (Å²) in [6, 6.07) is 3.71. The normalized spacial score (nSPS) is 11.8. The van der Waals surface area contributed by atoms with Crippen LogP contribution in [0.1, 0.15) is 30.6 Å². The fraction of sp³-hybridized carbons (Fsp3) is 0.438. The molecule has 0 saturated heterocycles. The van der Waals surface area contributed by atoms with Gasteiger partial charge in [-0.1, -0.05) is 43.1 Å². The Morgan fingerprint density at radius 2 is 1.88 bits per heavy atom. The van der Waals surface area contributed by atoms with Crippen molar-refractivity contribution in [2.45, 2.75) is 26.3 Å². The van der Waals surface area contributed by atoms with Gasteiger partial charge in [0.05, 0.1) is 22.7 Å². The number of benzene rings is 1. The average Bonchev–Trinajstić information content (AvgIpc) is 2.53. The zero-order valence-corrected chi connectivity index (χ0v) is 15.1. The summed E-state index contributed by atoms with van der Waals surface area (Å²) in [7, 11) is 1.24. The van der Waals surface area contributed by atoms with Crippen molar-refractivity contribution in [3.63, 3.8) is 0 Å². The third-order valence-corrected chi connectivity index (χ3v) is 3.85. The van der Waals surface area contributed by atoms with E-state index in [1.165, 1.54) is 19.2 Å². The van der Waals surface area contributed by atoms with Crippen LogP contribution in [0.2, 0.25) is 10.0 Å². The third-order valence-electron chi connectivity index (χ3n) is 3.03. The van der Waals surface area contributed by atoms with E-state index in [-0.39, 0.29) is 21.5 Å². The lowest BCUT2D eigenvalue weighted by molar-refractivity contribution is -0.145. The number of methoxy groups -OCH3 is 1. The van der Waals surface area contributed by atoms with E-state index in [0.29, 0.717) is 6.42 Å². The summed E-state index contributed by atoms with van der Waals surface area (Å²) in [6.07, 6.45) is 0.409. The van der Waals surface area contributed by atoms with E-state index in [9.17, 15) is 14.4 Å². The van der Waals surface area contributed by atoms with Crippen molar-refractivity contribution in [1.29, 1.82) is 0 Å². The molecule has 0 aliphatic heterocycles. The van der Waals surface area contributed by atoms with Gasteiger partial charge in [-0.25, -0.2) is 9.59 Å². The van der Waals surface area contributed by atoms with Gasteiger partial charge in [0, 0.05) is 0 Å². The Balaban J connectivity index is 2.62. The Labute approximate surface area is 150 Å². The quantitative estimate of drug-likeness (QED) is 0.740. The van der Waals surface area contributed by atoms with E-state index in [1.54, 1.807) is 6.07 Å². The van der Waals surface area contributed by atoms with Crippen molar-refractivity contribution < 1.29 is 23.9 Å². The Morgan fingerprint density at radius 3 is 2.46 bits per heavy atom. The second-order valence-corrected chi connectivity index (χ2v) is 6.24. The number of esters is 2. The minimum absolute atomic E-state index is 0.0526. The maximum atomic E-state index is 11.9. The van der Waals surface area contributed by atoms with E-state index in [2.05, 4.69) is 10.1 Å². The fourth-order valence-electron chi connectivity index (χ4n) is 1.93. The van der Waals surface area contributed by atoms with Gasteiger partial charge in [-0.05, 0) is 24.5 Å². The zero-order valence-electron chi connectivity index (χ0n) is 13.6. The first-order chi connectivity index (χ1) is 11.3. The van der Waals surface area contributed by atoms with Crippen molar-refractivity contribution in [2.75, 3.05) is 13.7 Å². The monoisotopic (exact) mass is 375 g/mol. The molecule has 0 aromatic heterocycles. The molecule has 1 rings (SSSR count). The number of rotatable bonds is 7. The smallest absolute Gasteiger partial charge is 0.340 e. The van der Waals surface area contributed by atoms with Crippen LogP contribution in [0.3, 0.4) is 0 Å². The molecule has 1 aromatic rings. The molecule has 24 heavy (non-hydrogen) atoms. The summed E-state index contributed by atoms with van der Waals surface area (Å²) in [5.74, 6) is -1.78. The van der Waals surface area contributed by atoms with E-state index >= 15 is 0 Å². The molecular formula is C16H19Cl2NO5. The minimum atomic E-state index is -0.795. The van der Waals surface area contributed by atoms with Crippen LogP contribution in [-0.2, 0) is 19.1 Å². The first-order valence-corrected chi connectivity index (χ1v) is 8.00.